The van der Waals surface area contributed by atoms with Gasteiger partial charge in [-0.25, -0.2) is 15.0 Å². The highest BCUT2D eigenvalue weighted by atomic mass is 16.6. The fourth-order valence-corrected chi connectivity index (χ4v) is 2.40. The van der Waals surface area contributed by atoms with Crippen molar-refractivity contribution in [2.45, 2.75) is 31.5 Å². The van der Waals surface area contributed by atoms with Gasteiger partial charge in [-0.15, -0.1) is 0 Å². The summed E-state index contributed by atoms with van der Waals surface area (Å²) in [5.74, 6) is 0.382. The van der Waals surface area contributed by atoms with Gasteiger partial charge in [0, 0.05) is 0 Å². The van der Waals surface area contributed by atoms with Crippen LogP contribution in [0.5, 0.6) is 0 Å². The second-order valence-corrected chi connectivity index (χ2v) is 4.78. The van der Waals surface area contributed by atoms with Crippen molar-refractivity contribution in [2.24, 2.45) is 0 Å². The lowest BCUT2D eigenvalue weighted by molar-refractivity contribution is -0.0511. The lowest BCUT2D eigenvalue weighted by Crippen LogP contribution is -2.33. The van der Waals surface area contributed by atoms with E-state index in [9.17, 15) is 10.2 Å². The summed E-state index contributed by atoms with van der Waals surface area (Å²) in [7, 11) is 0. The SMILES string of the molecule is Cc1nc(C#N)c2ncn([C@@H]3O[C@H](CO)[C@@H](O)[C@H]3O)c2n1. The Bertz CT molecular complexity index is 724. The molecule has 0 saturated carbocycles. The second-order valence-electron chi connectivity index (χ2n) is 4.78. The number of hydrogen-bond donors (Lipinski definition) is 3. The summed E-state index contributed by atoms with van der Waals surface area (Å²) >= 11 is 0. The molecule has 0 aromatic carbocycles. The minimum Gasteiger partial charge on any atom is -0.394 e. The summed E-state index contributed by atoms with van der Waals surface area (Å²) in [4.78, 5) is 12.3. The second kappa shape index (κ2) is 5.01. The molecule has 3 rings (SSSR count). The number of aromatic nitrogens is 4. The molecule has 0 radical (unpaired) electrons. The first-order valence-electron chi connectivity index (χ1n) is 6.30. The summed E-state index contributed by atoms with van der Waals surface area (Å²) in [6.07, 6.45) is -2.92. The van der Waals surface area contributed by atoms with Crippen LogP contribution in [0.3, 0.4) is 0 Å². The van der Waals surface area contributed by atoms with Crippen LogP contribution < -0.4 is 0 Å². The van der Waals surface area contributed by atoms with E-state index in [0.717, 1.165) is 0 Å². The van der Waals surface area contributed by atoms with Crippen LogP contribution in [0.2, 0.25) is 0 Å². The molecule has 1 aliphatic heterocycles. The number of imidazole rings is 1. The number of nitriles is 1. The van der Waals surface area contributed by atoms with Gasteiger partial charge in [0.15, 0.2) is 17.6 Å². The van der Waals surface area contributed by atoms with Crippen molar-refractivity contribution in [1.82, 2.24) is 19.5 Å². The van der Waals surface area contributed by atoms with Gasteiger partial charge in [0.1, 0.15) is 35.7 Å². The third kappa shape index (κ3) is 2.05. The third-order valence-corrected chi connectivity index (χ3v) is 3.43. The Balaban J connectivity index is 2.10. The summed E-state index contributed by atoms with van der Waals surface area (Å²) in [5.41, 5.74) is 0.748. The molecule has 3 N–H and O–H groups in total. The van der Waals surface area contributed by atoms with Crippen LogP contribution in [0.25, 0.3) is 11.2 Å². The molecule has 0 spiro atoms. The molecule has 1 saturated heterocycles. The van der Waals surface area contributed by atoms with Gasteiger partial charge < -0.3 is 20.1 Å². The molecule has 9 nitrogen and oxygen atoms in total. The van der Waals surface area contributed by atoms with E-state index in [1.807, 2.05) is 6.07 Å². The fourth-order valence-electron chi connectivity index (χ4n) is 2.40. The van der Waals surface area contributed by atoms with Crippen LogP contribution in [0.1, 0.15) is 17.7 Å². The molecule has 2 aromatic rings. The number of aryl methyl sites for hydroxylation is 1. The lowest BCUT2D eigenvalue weighted by Gasteiger charge is -2.16. The minimum atomic E-state index is -1.24. The molecule has 0 bridgehead atoms. The zero-order valence-corrected chi connectivity index (χ0v) is 11.1. The van der Waals surface area contributed by atoms with Gasteiger partial charge in [-0.05, 0) is 6.92 Å². The highest BCUT2D eigenvalue weighted by Gasteiger charge is 2.44. The van der Waals surface area contributed by atoms with E-state index < -0.39 is 31.1 Å². The van der Waals surface area contributed by atoms with E-state index in [0.29, 0.717) is 17.0 Å². The maximum atomic E-state index is 10.0. The molecule has 0 unspecified atom stereocenters. The van der Waals surface area contributed by atoms with Crippen molar-refractivity contribution in [3.05, 3.63) is 17.8 Å². The van der Waals surface area contributed by atoms with Crippen molar-refractivity contribution in [1.29, 1.82) is 5.26 Å². The number of nitrogens with zero attached hydrogens (tertiary/aromatic N) is 5. The Labute approximate surface area is 119 Å². The lowest BCUT2D eigenvalue weighted by atomic mass is 10.1. The Kier molecular flexibility index (Phi) is 3.30. The van der Waals surface area contributed by atoms with E-state index in [2.05, 4.69) is 15.0 Å². The number of hydrogen-bond acceptors (Lipinski definition) is 8. The first kappa shape index (κ1) is 13.8. The van der Waals surface area contributed by atoms with Crippen molar-refractivity contribution in [2.75, 3.05) is 6.61 Å². The average molecular weight is 291 g/mol. The Morgan fingerprint density at radius 2 is 2.14 bits per heavy atom. The van der Waals surface area contributed by atoms with Gasteiger partial charge >= 0.3 is 0 Å². The predicted octanol–water partition coefficient (Wildman–Crippen LogP) is -1.38. The van der Waals surface area contributed by atoms with Crippen molar-refractivity contribution < 1.29 is 20.1 Å². The molecule has 3 heterocycles. The van der Waals surface area contributed by atoms with E-state index in [-0.39, 0.29) is 5.69 Å². The van der Waals surface area contributed by atoms with Gasteiger partial charge in [0.05, 0.1) is 12.9 Å². The molecule has 4 atom stereocenters. The molecule has 110 valence electrons. The highest BCUT2D eigenvalue weighted by Crippen LogP contribution is 2.31. The standard InChI is InChI=1S/C12H13N5O4/c1-5-15-6(2-13)8-11(16-5)17(4-14-8)12-10(20)9(19)7(3-18)21-12/h4,7,9-10,12,18-20H,3H2,1H3/t7-,9-,10-,12-/m1/s1. The van der Waals surface area contributed by atoms with Crippen LogP contribution in [0.15, 0.2) is 6.33 Å². The maximum Gasteiger partial charge on any atom is 0.172 e. The molecule has 9 heteroatoms. The smallest absolute Gasteiger partial charge is 0.172 e. The molecule has 1 aliphatic rings. The zero-order chi connectivity index (χ0) is 15.1. The molecule has 2 aromatic heterocycles. The largest absolute Gasteiger partial charge is 0.394 e. The van der Waals surface area contributed by atoms with Gasteiger partial charge in [-0.3, -0.25) is 4.57 Å². The number of ether oxygens (including phenoxy) is 1. The minimum absolute atomic E-state index is 0.128. The molecular weight excluding hydrogens is 278 g/mol. The molecule has 0 aliphatic carbocycles. The van der Waals surface area contributed by atoms with Crippen LogP contribution in [-0.2, 0) is 4.74 Å². The van der Waals surface area contributed by atoms with Crippen LogP contribution in [0, 0.1) is 18.3 Å². The molecule has 21 heavy (non-hydrogen) atoms. The number of aliphatic hydroxyl groups excluding tert-OH is 3. The van der Waals surface area contributed by atoms with Crippen LogP contribution in [0.4, 0.5) is 0 Å². The van der Waals surface area contributed by atoms with Gasteiger partial charge in [-0.1, -0.05) is 0 Å². The maximum absolute atomic E-state index is 10.0. The molecule has 1 fully saturated rings. The van der Waals surface area contributed by atoms with E-state index >= 15 is 0 Å². The van der Waals surface area contributed by atoms with E-state index in [1.54, 1.807) is 6.92 Å². The Morgan fingerprint density at radius 3 is 2.76 bits per heavy atom. The van der Waals surface area contributed by atoms with Crippen LogP contribution in [-0.4, -0.2) is 59.8 Å². The Morgan fingerprint density at radius 1 is 1.38 bits per heavy atom. The quantitative estimate of drug-likeness (QED) is 0.615. The first-order chi connectivity index (χ1) is 10.1. The monoisotopic (exact) mass is 291 g/mol. The molecular formula is C12H13N5O4. The zero-order valence-electron chi connectivity index (χ0n) is 11.1. The predicted molar refractivity (Wildman–Crippen MR) is 67.8 cm³/mol. The van der Waals surface area contributed by atoms with Crippen molar-refractivity contribution in [3.8, 4) is 6.07 Å². The first-order valence-corrected chi connectivity index (χ1v) is 6.30. The molecule has 0 amide bonds. The normalized spacial score (nSPS) is 28.9. The number of aliphatic hydroxyl groups is 3. The summed E-state index contributed by atoms with van der Waals surface area (Å²) in [5, 5.41) is 38.0. The van der Waals surface area contributed by atoms with Gasteiger partial charge in [-0.2, -0.15) is 5.26 Å². The highest BCUT2D eigenvalue weighted by molar-refractivity contribution is 5.76. The van der Waals surface area contributed by atoms with Crippen LogP contribution >= 0.6 is 0 Å². The Hall–Kier alpha value is -2.12. The van der Waals surface area contributed by atoms with E-state index in [4.69, 9.17) is 15.1 Å². The third-order valence-electron chi connectivity index (χ3n) is 3.43. The summed E-state index contributed by atoms with van der Waals surface area (Å²) < 4.78 is 6.86. The fraction of sp³-hybridized carbons (Fsp3) is 0.500. The van der Waals surface area contributed by atoms with E-state index in [1.165, 1.54) is 10.9 Å². The van der Waals surface area contributed by atoms with Gasteiger partial charge in [0.25, 0.3) is 0 Å². The van der Waals surface area contributed by atoms with Crippen molar-refractivity contribution >= 4 is 11.2 Å². The topological polar surface area (TPSA) is 137 Å². The average Bonchev–Trinajstić information content (AvgIpc) is 3.01. The number of rotatable bonds is 2. The van der Waals surface area contributed by atoms with Gasteiger partial charge in [0.2, 0.25) is 0 Å². The summed E-state index contributed by atoms with van der Waals surface area (Å²) in [6.45, 7) is 1.22. The number of fused-ring (bicyclic) bond motifs is 1. The van der Waals surface area contributed by atoms with Crippen molar-refractivity contribution in [3.63, 3.8) is 0 Å². The summed E-state index contributed by atoms with van der Waals surface area (Å²) in [6, 6.07) is 1.94.